The normalized spacial score (nSPS) is 11.9. The van der Waals surface area contributed by atoms with Crippen molar-refractivity contribution in [3.05, 3.63) is 133 Å². The van der Waals surface area contributed by atoms with Gasteiger partial charge in [-0.2, -0.15) is 5.26 Å². The van der Waals surface area contributed by atoms with Gasteiger partial charge in [-0.05, 0) is 54.6 Å². The van der Waals surface area contributed by atoms with E-state index in [0.717, 1.165) is 32.5 Å². The Hall–Kier alpha value is -5.37. The van der Waals surface area contributed by atoms with Gasteiger partial charge in [-0.3, -0.25) is 0 Å². The summed E-state index contributed by atoms with van der Waals surface area (Å²) in [6, 6.07) is 47.8. The molecule has 0 fully saturated rings. The van der Waals surface area contributed by atoms with Gasteiger partial charge < -0.3 is 9.13 Å². The summed E-state index contributed by atoms with van der Waals surface area (Å²) in [4.78, 5) is 0. The van der Waals surface area contributed by atoms with Crippen molar-refractivity contribution in [1.29, 1.82) is 5.26 Å². The Morgan fingerprint density at radius 1 is 0.463 bits per heavy atom. The zero-order valence-electron chi connectivity index (χ0n) is 21.9. The van der Waals surface area contributed by atoms with E-state index >= 15 is 0 Å². The summed E-state index contributed by atoms with van der Waals surface area (Å²) in [5, 5.41) is 17.5. The minimum absolute atomic E-state index is 0.707. The largest absolute Gasteiger partial charge is 0.309 e. The maximum atomic E-state index is 10.3. The lowest BCUT2D eigenvalue weighted by molar-refractivity contribution is 1.18. The van der Waals surface area contributed by atoms with Crippen molar-refractivity contribution in [3.8, 4) is 17.4 Å². The number of hydrogen-bond acceptors (Lipinski definition) is 2. The van der Waals surface area contributed by atoms with Gasteiger partial charge in [0, 0.05) is 48.4 Å². The summed E-state index contributed by atoms with van der Waals surface area (Å²) in [6.07, 6.45) is 0. The van der Waals surface area contributed by atoms with Gasteiger partial charge in [0.2, 0.25) is 0 Å². The van der Waals surface area contributed by atoms with Crippen LogP contribution in [0.4, 0.5) is 0 Å². The first-order valence-electron chi connectivity index (χ1n) is 13.7. The zero-order chi connectivity index (χ0) is 27.1. The monoisotopic (exact) mass is 539 g/mol. The lowest BCUT2D eigenvalue weighted by Gasteiger charge is -2.10. The van der Waals surface area contributed by atoms with Crippen LogP contribution in [0.5, 0.6) is 0 Å². The number of aromatic nitrogens is 2. The van der Waals surface area contributed by atoms with Crippen LogP contribution in [0.3, 0.4) is 0 Å². The molecule has 0 amide bonds. The average molecular weight is 540 g/mol. The maximum absolute atomic E-state index is 10.3. The van der Waals surface area contributed by atoms with E-state index in [0.29, 0.717) is 5.56 Å². The number of rotatable bonds is 2. The molecule has 0 aliphatic heterocycles. The van der Waals surface area contributed by atoms with Crippen LogP contribution in [0.2, 0.25) is 0 Å². The first-order chi connectivity index (χ1) is 20.3. The lowest BCUT2D eigenvalue weighted by Crippen LogP contribution is -1.95. The molecule has 3 aromatic heterocycles. The molecule has 3 heterocycles. The van der Waals surface area contributed by atoms with Gasteiger partial charge >= 0.3 is 0 Å². The van der Waals surface area contributed by atoms with Crippen LogP contribution in [-0.4, -0.2) is 9.13 Å². The Labute approximate surface area is 239 Å². The van der Waals surface area contributed by atoms with Crippen molar-refractivity contribution < 1.29 is 0 Å². The second-order valence-corrected chi connectivity index (χ2v) is 11.6. The second kappa shape index (κ2) is 8.32. The summed E-state index contributed by atoms with van der Waals surface area (Å²) in [6.45, 7) is 0. The fraction of sp³-hybridized carbons (Fsp3) is 0. The van der Waals surface area contributed by atoms with Crippen molar-refractivity contribution in [2.24, 2.45) is 0 Å². The smallest absolute Gasteiger partial charge is 0.101 e. The summed E-state index contributed by atoms with van der Waals surface area (Å²) in [5.41, 5.74) is 7.50. The minimum Gasteiger partial charge on any atom is -0.309 e. The Balaban J connectivity index is 1.36. The number of benzene rings is 6. The van der Waals surface area contributed by atoms with Crippen molar-refractivity contribution in [1.82, 2.24) is 9.13 Å². The average Bonchev–Trinajstić information content (AvgIpc) is 3.68. The topological polar surface area (TPSA) is 33.6 Å². The van der Waals surface area contributed by atoms with E-state index in [2.05, 4.69) is 137 Å². The van der Waals surface area contributed by atoms with Gasteiger partial charge in [0.1, 0.15) is 6.07 Å². The highest BCUT2D eigenvalue weighted by Crippen LogP contribution is 2.41. The number of fused-ring (bicyclic) bond motifs is 9. The highest BCUT2D eigenvalue weighted by molar-refractivity contribution is 7.26. The van der Waals surface area contributed by atoms with E-state index in [9.17, 15) is 5.26 Å². The predicted molar refractivity (Wildman–Crippen MR) is 173 cm³/mol. The zero-order valence-corrected chi connectivity index (χ0v) is 22.7. The molecule has 0 saturated carbocycles. The van der Waals surface area contributed by atoms with E-state index in [-0.39, 0.29) is 0 Å². The van der Waals surface area contributed by atoms with Crippen molar-refractivity contribution >= 4 is 75.1 Å². The van der Waals surface area contributed by atoms with Crippen molar-refractivity contribution in [2.45, 2.75) is 0 Å². The summed E-state index contributed by atoms with van der Waals surface area (Å²) >= 11 is 1.70. The molecule has 0 atom stereocenters. The second-order valence-electron chi connectivity index (χ2n) is 10.5. The quantitative estimate of drug-likeness (QED) is 0.215. The molecule has 0 saturated heterocycles. The van der Waals surface area contributed by atoms with Gasteiger partial charge in [0.25, 0.3) is 0 Å². The Morgan fingerprint density at radius 3 is 1.44 bits per heavy atom. The minimum atomic E-state index is 0.707. The van der Waals surface area contributed by atoms with E-state index in [1.807, 2.05) is 6.07 Å². The van der Waals surface area contributed by atoms with Crippen LogP contribution >= 0.6 is 11.3 Å². The molecule has 3 nitrogen and oxygen atoms in total. The Kier molecular flexibility index (Phi) is 4.55. The molecular formula is C37H21N3S. The number of nitriles is 1. The molecular weight excluding hydrogens is 518 g/mol. The van der Waals surface area contributed by atoms with Gasteiger partial charge in [0.15, 0.2) is 0 Å². The van der Waals surface area contributed by atoms with E-state index in [4.69, 9.17) is 0 Å². The van der Waals surface area contributed by atoms with E-state index in [1.165, 1.54) is 42.7 Å². The molecule has 0 spiro atoms. The molecule has 0 unspecified atom stereocenters. The van der Waals surface area contributed by atoms with Crippen LogP contribution in [0, 0.1) is 11.3 Å². The van der Waals surface area contributed by atoms with Crippen LogP contribution in [0.25, 0.3) is 75.2 Å². The third-order valence-corrected chi connectivity index (χ3v) is 9.56. The third-order valence-electron chi connectivity index (χ3n) is 8.34. The number of thiophene rings is 1. The molecule has 0 aliphatic carbocycles. The molecule has 6 aromatic carbocycles. The molecule has 190 valence electrons. The van der Waals surface area contributed by atoms with Crippen LogP contribution in [0.15, 0.2) is 127 Å². The molecule has 0 aliphatic rings. The Morgan fingerprint density at radius 2 is 0.927 bits per heavy atom. The van der Waals surface area contributed by atoms with Crippen LogP contribution < -0.4 is 0 Å². The third kappa shape index (κ3) is 3.07. The van der Waals surface area contributed by atoms with Gasteiger partial charge in [-0.1, -0.05) is 72.8 Å². The first kappa shape index (κ1) is 22.4. The fourth-order valence-electron chi connectivity index (χ4n) is 6.60. The molecule has 41 heavy (non-hydrogen) atoms. The van der Waals surface area contributed by atoms with Gasteiger partial charge in [-0.15, -0.1) is 11.3 Å². The highest BCUT2D eigenvalue weighted by Gasteiger charge is 2.18. The number of para-hydroxylation sites is 4. The molecule has 9 rings (SSSR count). The van der Waals surface area contributed by atoms with Crippen molar-refractivity contribution in [2.75, 3.05) is 0 Å². The fourth-order valence-corrected chi connectivity index (χ4v) is 7.73. The predicted octanol–water partition coefficient (Wildman–Crippen LogP) is 10.1. The van der Waals surface area contributed by atoms with Crippen LogP contribution in [0.1, 0.15) is 5.56 Å². The summed E-state index contributed by atoms with van der Waals surface area (Å²) in [7, 11) is 0. The summed E-state index contributed by atoms with van der Waals surface area (Å²) in [5.74, 6) is 0. The van der Waals surface area contributed by atoms with Gasteiger partial charge in [0.05, 0.1) is 32.3 Å². The van der Waals surface area contributed by atoms with Gasteiger partial charge in [-0.25, -0.2) is 0 Å². The molecule has 9 aromatic rings. The number of hydrogen-bond donors (Lipinski definition) is 0. The summed E-state index contributed by atoms with van der Waals surface area (Å²) < 4.78 is 6.87. The van der Waals surface area contributed by atoms with E-state index < -0.39 is 0 Å². The highest BCUT2D eigenvalue weighted by atomic mass is 32.1. The molecule has 0 bridgehead atoms. The molecule has 0 N–H and O–H groups in total. The molecule has 4 heteroatoms. The van der Waals surface area contributed by atoms with Crippen molar-refractivity contribution in [3.63, 3.8) is 0 Å². The number of nitrogens with zero attached hydrogens (tertiary/aromatic N) is 3. The van der Waals surface area contributed by atoms with Crippen LogP contribution in [-0.2, 0) is 0 Å². The standard InChI is InChI=1S/C37H21N3S/c38-22-23-19-25(40-34-15-7-3-11-28(34)29-12-4-8-16-35(29)40)21-31-30-20-24(17-18-36(30)41-37(23)31)39-32-13-5-1-9-26(32)27-10-2-6-14-33(27)39/h1-21H. The van der Waals surface area contributed by atoms with E-state index in [1.54, 1.807) is 11.3 Å². The SMILES string of the molecule is N#Cc1cc(-n2c3ccccc3c3ccccc32)cc2c1sc1ccc(-n3c4ccccc4c4ccccc43)cc12. The Bertz CT molecular complexity index is 2450. The lowest BCUT2D eigenvalue weighted by atomic mass is 10.1. The maximum Gasteiger partial charge on any atom is 0.101 e. The molecule has 0 radical (unpaired) electrons. The first-order valence-corrected chi connectivity index (χ1v) is 14.5.